The van der Waals surface area contributed by atoms with Gasteiger partial charge in [-0.2, -0.15) is 0 Å². The number of hydrogen-bond acceptors (Lipinski definition) is 3. The van der Waals surface area contributed by atoms with Crippen molar-refractivity contribution in [1.82, 2.24) is 0 Å². The highest BCUT2D eigenvalue weighted by Crippen LogP contribution is 2.34. The van der Waals surface area contributed by atoms with Crippen molar-refractivity contribution in [1.29, 1.82) is 0 Å². The number of hydrogen-bond donors (Lipinski definition) is 0. The summed E-state index contributed by atoms with van der Waals surface area (Å²) in [6.45, 7) is 9.44. The molecule has 2 aromatic carbocycles. The van der Waals surface area contributed by atoms with Gasteiger partial charge in [0.05, 0.1) is 11.7 Å². The summed E-state index contributed by atoms with van der Waals surface area (Å²) in [6, 6.07) is 15.6. The van der Waals surface area contributed by atoms with Crippen molar-refractivity contribution in [2.24, 2.45) is 0 Å². The smallest absolute Gasteiger partial charge is 0.343 e. The minimum absolute atomic E-state index is 0.0241. The number of ether oxygens (including phenoxy) is 2. The number of carbonyl (C=O) groups is 1. The summed E-state index contributed by atoms with van der Waals surface area (Å²) in [5.41, 5.74) is 2.80. The Balaban J connectivity index is 2.05. The monoisotopic (exact) mass is 424 g/mol. The number of para-hydroxylation sites is 1. The summed E-state index contributed by atoms with van der Waals surface area (Å²) in [5.74, 6) is 0.821. The first-order valence-electron chi connectivity index (χ1n) is 12.1. The molecule has 0 aliphatic carbocycles. The van der Waals surface area contributed by atoms with Crippen molar-refractivity contribution in [3.8, 4) is 5.75 Å². The predicted molar refractivity (Wildman–Crippen MR) is 129 cm³/mol. The van der Waals surface area contributed by atoms with Crippen LogP contribution in [0.4, 0.5) is 0 Å². The van der Waals surface area contributed by atoms with Crippen molar-refractivity contribution >= 4 is 5.97 Å². The molecule has 3 nitrogen and oxygen atoms in total. The molecular weight excluding hydrogens is 384 g/mol. The molecule has 0 fully saturated rings. The molecule has 0 aromatic heterocycles. The molecule has 0 saturated carbocycles. The van der Waals surface area contributed by atoms with Crippen molar-refractivity contribution < 1.29 is 14.3 Å². The second-order valence-electron chi connectivity index (χ2n) is 8.40. The van der Waals surface area contributed by atoms with Crippen molar-refractivity contribution in [2.75, 3.05) is 6.61 Å². The Morgan fingerprint density at radius 2 is 1.55 bits per heavy atom. The highest BCUT2D eigenvalue weighted by Gasteiger charge is 2.18. The lowest BCUT2D eigenvalue weighted by atomic mass is 9.89. The van der Waals surface area contributed by atoms with Crippen LogP contribution in [0.5, 0.6) is 5.75 Å². The first kappa shape index (κ1) is 25.1. The van der Waals surface area contributed by atoms with Crippen LogP contribution >= 0.6 is 0 Å². The van der Waals surface area contributed by atoms with Crippen molar-refractivity contribution in [3.05, 3.63) is 65.2 Å². The average Bonchev–Trinajstić information content (AvgIpc) is 2.80. The van der Waals surface area contributed by atoms with E-state index in [0.717, 1.165) is 43.4 Å². The minimum Gasteiger partial charge on any atom is -0.423 e. The molecule has 0 heterocycles. The van der Waals surface area contributed by atoms with Crippen molar-refractivity contribution in [3.63, 3.8) is 0 Å². The molecule has 2 rings (SSSR count). The average molecular weight is 425 g/mol. The van der Waals surface area contributed by atoms with E-state index in [1.165, 1.54) is 25.7 Å². The number of benzene rings is 2. The van der Waals surface area contributed by atoms with Gasteiger partial charge < -0.3 is 9.47 Å². The van der Waals surface area contributed by atoms with Gasteiger partial charge in [-0.1, -0.05) is 83.2 Å². The van der Waals surface area contributed by atoms with Crippen LogP contribution in [0.1, 0.15) is 113 Å². The Hall–Kier alpha value is -2.13. The van der Waals surface area contributed by atoms with E-state index in [1.54, 1.807) is 0 Å². The van der Waals surface area contributed by atoms with Crippen LogP contribution in [0.25, 0.3) is 0 Å². The first-order chi connectivity index (χ1) is 15.1. The van der Waals surface area contributed by atoms with Crippen LogP contribution < -0.4 is 4.74 Å². The molecule has 2 aromatic rings. The molecule has 0 amide bonds. The maximum absolute atomic E-state index is 12.8. The number of unbranched alkanes of at least 4 members (excludes halogenated alkanes) is 3. The normalized spacial score (nSPS) is 13.0. The number of carbonyl (C=O) groups excluding carboxylic acids is 1. The van der Waals surface area contributed by atoms with Crippen LogP contribution in [0.2, 0.25) is 0 Å². The van der Waals surface area contributed by atoms with E-state index in [0.29, 0.717) is 17.2 Å². The summed E-state index contributed by atoms with van der Waals surface area (Å²) in [4.78, 5) is 12.8. The summed E-state index contributed by atoms with van der Waals surface area (Å²) >= 11 is 0. The molecule has 0 radical (unpaired) electrons. The van der Waals surface area contributed by atoms with E-state index in [4.69, 9.17) is 9.47 Å². The van der Waals surface area contributed by atoms with Gasteiger partial charge in [-0.3, -0.25) is 0 Å². The van der Waals surface area contributed by atoms with Crippen LogP contribution in [0.3, 0.4) is 0 Å². The quantitative estimate of drug-likeness (QED) is 0.174. The van der Waals surface area contributed by atoms with Gasteiger partial charge in [0.1, 0.15) is 5.75 Å². The lowest BCUT2D eigenvalue weighted by molar-refractivity contribution is 0.0628. The summed E-state index contributed by atoms with van der Waals surface area (Å²) < 4.78 is 11.8. The molecule has 0 bridgehead atoms. The largest absolute Gasteiger partial charge is 0.423 e. The highest BCUT2D eigenvalue weighted by molar-refractivity contribution is 5.91. The lowest BCUT2D eigenvalue weighted by Gasteiger charge is -2.19. The van der Waals surface area contributed by atoms with Crippen molar-refractivity contribution in [2.45, 2.75) is 91.1 Å². The molecule has 2 unspecified atom stereocenters. The van der Waals surface area contributed by atoms with Gasteiger partial charge in [-0.05, 0) is 61.4 Å². The Kier molecular flexibility index (Phi) is 11.4. The molecule has 170 valence electrons. The van der Waals surface area contributed by atoms with Gasteiger partial charge >= 0.3 is 5.97 Å². The van der Waals surface area contributed by atoms with Gasteiger partial charge in [0.2, 0.25) is 0 Å². The predicted octanol–water partition coefficient (Wildman–Crippen LogP) is 8.25. The third kappa shape index (κ3) is 8.14. The van der Waals surface area contributed by atoms with Gasteiger partial charge in [-0.15, -0.1) is 0 Å². The van der Waals surface area contributed by atoms with Gasteiger partial charge in [-0.25, -0.2) is 4.79 Å². The molecule has 0 spiro atoms. The Morgan fingerprint density at radius 1 is 0.839 bits per heavy atom. The topological polar surface area (TPSA) is 35.5 Å². The maximum Gasteiger partial charge on any atom is 0.343 e. The van der Waals surface area contributed by atoms with E-state index >= 15 is 0 Å². The minimum atomic E-state index is -0.304. The van der Waals surface area contributed by atoms with E-state index in [2.05, 4.69) is 33.8 Å². The Morgan fingerprint density at radius 3 is 2.23 bits per heavy atom. The molecule has 2 atom stereocenters. The van der Waals surface area contributed by atoms with Crippen LogP contribution in [0, 0.1) is 0 Å². The molecule has 0 N–H and O–H groups in total. The SMILES string of the molecule is CCCCCOC(C)c1ccc(C(=O)Oc2ccccc2C(CCC)CCCC)cc1. The number of esters is 1. The van der Waals surface area contributed by atoms with E-state index in [-0.39, 0.29) is 12.1 Å². The van der Waals surface area contributed by atoms with E-state index in [1.807, 2.05) is 42.5 Å². The Bertz CT molecular complexity index is 766. The zero-order valence-corrected chi connectivity index (χ0v) is 19.9. The molecular formula is C28H40O3. The van der Waals surface area contributed by atoms with Gasteiger partial charge in [0.25, 0.3) is 0 Å². The highest BCUT2D eigenvalue weighted by atomic mass is 16.5. The zero-order chi connectivity index (χ0) is 22.5. The van der Waals surface area contributed by atoms with E-state index in [9.17, 15) is 4.79 Å². The maximum atomic E-state index is 12.8. The summed E-state index contributed by atoms with van der Waals surface area (Å²) in [5, 5.41) is 0. The van der Waals surface area contributed by atoms with Crippen LogP contribution in [-0.2, 0) is 4.74 Å². The molecule has 3 heteroatoms. The third-order valence-corrected chi connectivity index (χ3v) is 5.84. The second-order valence-corrected chi connectivity index (χ2v) is 8.40. The fraction of sp³-hybridized carbons (Fsp3) is 0.536. The molecule has 0 aliphatic heterocycles. The number of rotatable bonds is 14. The second kappa shape index (κ2) is 14.0. The summed E-state index contributed by atoms with van der Waals surface area (Å²) in [7, 11) is 0. The summed E-state index contributed by atoms with van der Waals surface area (Å²) in [6.07, 6.45) is 9.21. The standard InChI is InChI=1S/C28H40O3/c1-5-8-12-21-30-22(4)23-17-19-25(20-18-23)28(29)31-27-16-11-10-15-26(27)24(13-7-3)14-9-6-2/h10-11,15-20,22,24H,5-9,12-14,21H2,1-4H3. The van der Waals surface area contributed by atoms with Gasteiger partial charge in [0.15, 0.2) is 0 Å². The molecule has 0 aliphatic rings. The fourth-order valence-electron chi connectivity index (χ4n) is 3.92. The fourth-order valence-corrected chi connectivity index (χ4v) is 3.92. The molecule has 0 saturated heterocycles. The third-order valence-electron chi connectivity index (χ3n) is 5.84. The first-order valence-corrected chi connectivity index (χ1v) is 12.1. The Labute approximate surface area is 189 Å². The molecule has 31 heavy (non-hydrogen) atoms. The van der Waals surface area contributed by atoms with Crippen LogP contribution in [-0.4, -0.2) is 12.6 Å². The van der Waals surface area contributed by atoms with E-state index < -0.39 is 0 Å². The van der Waals surface area contributed by atoms with Gasteiger partial charge in [0, 0.05) is 6.61 Å². The lowest BCUT2D eigenvalue weighted by Crippen LogP contribution is -2.12. The van der Waals surface area contributed by atoms with Crippen LogP contribution in [0.15, 0.2) is 48.5 Å². The zero-order valence-electron chi connectivity index (χ0n) is 19.9.